The Morgan fingerprint density at radius 3 is 2.85 bits per heavy atom. The van der Waals surface area contributed by atoms with Crippen molar-refractivity contribution in [2.45, 2.75) is 18.9 Å². The molecule has 0 unspecified atom stereocenters. The van der Waals surface area contributed by atoms with Crippen LogP contribution >= 0.6 is 11.6 Å². The Bertz CT molecular complexity index is 691. The molecular weight excluding hydrogens is 354 g/mol. The SMILES string of the molecule is O=C(Nc1ccc(Cl)nc1)N(CCOc1ccccc1)C[C@H]1CCCO1. The molecule has 1 N–H and O–H groups in total. The molecule has 26 heavy (non-hydrogen) atoms. The fraction of sp³-hybridized carbons (Fsp3) is 0.368. The van der Waals surface area contributed by atoms with E-state index in [1.807, 2.05) is 30.3 Å². The standard InChI is InChI=1S/C19H22ClN3O3/c20-18-9-8-15(13-21-18)22-19(24)23(14-17-7-4-11-25-17)10-12-26-16-5-2-1-3-6-16/h1-3,5-6,8-9,13,17H,4,7,10-12,14H2,(H,22,24)/t17-/m1/s1. The molecule has 1 aliphatic rings. The summed E-state index contributed by atoms with van der Waals surface area (Å²) in [6.07, 6.45) is 3.60. The minimum Gasteiger partial charge on any atom is -0.492 e. The monoisotopic (exact) mass is 375 g/mol. The maximum atomic E-state index is 12.7. The summed E-state index contributed by atoms with van der Waals surface area (Å²) >= 11 is 5.78. The maximum absolute atomic E-state index is 12.7. The number of amides is 2. The number of anilines is 1. The third-order valence-corrected chi connectivity index (χ3v) is 4.31. The first kappa shape index (κ1) is 18.5. The summed E-state index contributed by atoms with van der Waals surface area (Å²) in [5.74, 6) is 0.784. The number of hydrogen-bond donors (Lipinski definition) is 1. The van der Waals surface area contributed by atoms with Gasteiger partial charge in [-0.05, 0) is 37.1 Å². The molecule has 0 aliphatic carbocycles. The molecule has 3 rings (SSSR count). The fourth-order valence-corrected chi connectivity index (χ4v) is 2.86. The number of benzene rings is 1. The molecule has 1 saturated heterocycles. The summed E-state index contributed by atoms with van der Waals surface area (Å²) in [4.78, 5) is 18.4. The van der Waals surface area contributed by atoms with Gasteiger partial charge in [-0.2, -0.15) is 0 Å². The molecule has 1 fully saturated rings. The van der Waals surface area contributed by atoms with E-state index >= 15 is 0 Å². The van der Waals surface area contributed by atoms with E-state index in [1.165, 1.54) is 6.20 Å². The minimum atomic E-state index is -0.207. The van der Waals surface area contributed by atoms with Crippen molar-refractivity contribution in [2.75, 3.05) is 31.6 Å². The normalized spacial score (nSPS) is 16.3. The number of nitrogens with zero attached hydrogens (tertiary/aromatic N) is 2. The Morgan fingerprint density at radius 1 is 1.31 bits per heavy atom. The molecule has 0 bridgehead atoms. The van der Waals surface area contributed by atoms with Crippen molar-refractivity contribution in [1.29, 1.82) is 0 Å². The summed E-state index contributed by atoms with van der Waals surface area (Å²) in [6, 6.07) is 12.7. The largest absolute Gasteiger partial charge is 0.492 e. The van der Waals surface area contributed by atoms with Crippen molar-refractivity contribution in [1.82, 2.24) is 9.88 Å². The second-order valence-corrected chi connectivity index (χ2v) is 6.43. The number of carbonyl (C=O) groups is 1. The molecule has 1 aromatic carbocycles. The molecule has 1 aliphatic heterocycles. The van der Waals surface area contributed by atoms with Gasteiger partial charge in [0.15, 0.2) is 0 Å². The smallest absolute Gasteiger partial charge is 0.322 e. The number of hydrogen-bond acceptors (Lipinski definition) is 4. The van der Waals surface area contributed by atoms with Gasteiger partial charge in [0.2, 0.25) is 0 Å². The van der Waals surface area contributed by atoms with Gasteiger partial charge in [-0.3, -0.25) is 0 Å². The average Bonchev–Trinajstić information content (AvgIpc) is 3.17. The summed E-state index contributed by atoms with van der Waals surface area (Å²) < 4.78 is 11.4. The van der Waals surface area contributed by atoms with Crippen LogP contribution in [-0.2, 0) is 4.74 Å². The fourth-order valence-electron chi connectivity index (χ4n) is 2.75. The highest BCUT2D eigenvalue weighted by Crippen LogP contribution is 2.16. The summed E-state index contributed by atoms with van der Waals surface area (Å²) in [7, 11) is 0. The zero-order valence-corrected chi connectivity index (χ0v) is 15.2. The van der Waals surface area contributed by atoms with Gasteiger partial charge < -0.3 is 19.7 Å². The molecule has 0 radical (unpaired) electrons. The summed E-state index contributed by atoms with van der Waals surface area (Å²) in [6.45, 7) is 2.15. The number of urea groups is 1. The molecule has 2 heterocycles. The van der Waals surface area contributed by atoms with Gasteiger partial charge in [-0.1, -0.05) is 29.8 Å². The lowest BCUT2D eigenvalue weighted by Gasteiger charge is -2.25. The van der Waals surface area contributed by atoms with Crippen molar-refractivity contribution in [2.24, 2.45) is 0 Å². The molecule has 7 heteroatoms. The highest BCUT2D eigenvalue weighted by molar-refractivity contribution is 6.29. The van der Waals surface area contributed by atoms with Gasteiger partial charge in [0.25, 0.3) is 0 Å². The molecule has 2 aromatic rings. The molecule has 2 amide bonds. The van der Waals surface area contributed by atoms with Crippen LogP contribution in [-0.4, -0.2) is 48.3 Å². The van der Waals surface area contributed by atoms with E-state index in [9.17, 15) is 4.79 Å². The molecule has 1 atom stereocenters. The van der Waals surface area contributed by atoms with Gasteiger partial charge in [-0.15, -0.1) is 0 Å². The van der Waals surface area contributed by atoms with Crippen LogP contribution in [0.2, 0.25) is 5.15 Å². The predicted molar refractivity (Wildman–Crippen MR) is 101 cm³/mol. The Balaban J connectivity index is 1.57. The summed E-state index contributed by atoms with van der Waals surface area (Å²) in [5, 5.41) is 3.23. The number of ether oxygens (including phenoxy) is 2. The van der Waals surface area contributed by atoms with E-state index < -0.39 is 0 Å². The van der Waals surface area contributed by atoms with E-state index in [0.29, 0.717) is 30.5 Å². The Labute approximate surface area is 158 Å². The predicted octanol–water partition coefficient (Wildman–Crippen LogP) is 3.83. The Morgan fingerprint density at radius 2 is 2.15 bits per heavy atom. The van der Waals surface area contributed by atoms with Crippen molar-refractivity contribution < 1.29 is 14.3 Å². The van der Waals surface area contributed by atoms with Crippen molar-refractivity contribution in [3.05, 3.63) is 53.8 Å². The second kappa shape index (κ2) is 9.40. The van der Waals surface area contributed by atoms with E-state index in [4.69, 9.17) is 21.1 Å². The minimum absolute atomic E-state index is 0.0702. The number of carbonyl (C=O) groups excluding carboxylic acids is 1. The van der Waals surface area contributed by atoms with Crippen LogP contribution in [0.3, 0.4) is 0 Å². The number of para-hydroxylation sites is 1. The molecule has 0 saturated carbocycles. The number of aromatic nitrogens is 1. The van der Waals surface area contributed by atoms with Gasteiger partial charge in [-0.25, -0.2) is 9.78 Å². The van der Waals surface area contributed by atoms with Crippen LogP contribution in [0.4, 0.5) is 10.5 Å². The van der Waals surface area contributed by atoms with Gasteiger partial charge in [0.05, 0.1) is 24.5 Å². The second-order valence-electron chi connectivity index (χ2n) is 6.04. The van der Waals surface area contributed by atoms with Crippen LogP contribution in [0.15, 0.2) is 48.7 Å². The zero-order valence-electron chi connectivity index (χ0n) is 14.4. The third kappa shape index (κ3) is 5.61. The van der Waals surface area contributed by atoms with Crippen LogP contribution < -0.4 is 10.1 Å². The molecule has 138 valence electrons. The van der Waals surface area contributed by atoms with Crippen LogP contribution in [0.25, 0.3) is 0 Å². The number of nitrogens with one attached hydrogen (secondary N) is 1. The maximum Gasteiger partial charge on any atom is 0.322 e. The molecule has 1 aromatic heterocycles. The quantitative estimate of drug-likeness (QED) is 0.747. The van der Waals surface area contributed by atoms with E-state index in [2.05, 4.69) is 10.3 Å². The number of pyridine rings is 1. The lowest BCUT2D eigenvalue weighted by atomic mass is 10.2. The van der Waals surface area contributed by atoms with Gasteiger partial charge >= 0.3 is 6.03 Å². The lowest BCUT2D eigenvalue weighted by molar-refractivity contribution is 0.0799. The van der Waals surface area contributed by atoms with Crippen LogP contribution in [0, 0.1) is 0 Å². The third-order valence-electron chi connectivity index (χ3n) is 4.09. The number of rotatable bonds is 7. The molecule has 6 nitrogen and oxygen atoms in total. The Hall–Kier alpha value is -2.31. The van der Waals surface area contributed by atoms with Crippen molar-refractivity contribution in [3.8, 4) is 5.75 Å². The highest BCUT2D eigenvalue weighted by atomic mass is 35.5. The average molecular weight is 376 g/mol. The van der Waals surface area contributed by atoms with Crippen LogP contribution in [0.1, 0.15) is 12.8 Å². The molecular formula is C19H22ClN3O3. The highest BCUT2D eigenvalue weighted by Gasteiger charge is 2.22. The van der Waals surface area contributed by atoms with Crippen molar-refractivity contribution >= 4 is 23.3 Å². The van der Waals surface area contributed by atoms with Crippen LogP contribution in [0.5, 0.6) is 5.75 Å². The van der Waals surface area contributed by atoms with E-state index in [0.717, 1.165) is 25.2 Å². The van der Waals surface area contributed by atoms with E-state index in [-0.39, 0.29) is 12.1 Å². The van der Waals surface area contributed by atoms with Crippen molar-refractivity contribution in [3.63, 3.8) is 0 Å². The first-order chi connectivity index (χ1) is 12.7. The first-order valence-corrected chi connectivity index (χ1v) is 9.05. The van der Waals surface area contributed by atoms with E-state index in [1.54, 1.807) is 17.0 Å². The number of halogens is 1. The summed E-state index contributed by atoms with van der Waals surface area (Å²) in [5.41, 5.74) is 0.598. The van der Waals surface area contributed by atoms with Gasteiger partial charge in [0, 0.05) is 13.2 Å². The zero-order chi connectivity index (χ0) is 18.2. The topological polar surface area (TPSA) is 63.7 Å². The molecule has 0 spiro atoms. The first-order valence-electron chi connectivity index (χ1n) is 8.67. The Kier molecular flexibility index (Phi) is 6.68. The van der Waals surface area contributed by atoms with Gasteiger partial charge in [0.1, 0.15) is 17.5 Å². The lowest BCUT2D eigenvalue weighted by Crippen LogP contribution is -2.42.